The minimum absolute atomic E-state index is 0.00832. The first-order valence-corrected chi connectivity index (χ1v) is 7.89. The van der Waals surface area contributed by atoms with Crippen LogP contribution in [0.5, 0.6) is 0 Å². The van der Waals surface area contributed by atoms with E-state index in [1.54, 1.807) is 18.7 Å². The van der Waals surface area contributed by atoms with E-state index in [2.05, 4.69) is 6.07 Å². The standard InChI is InChI=1S/C18H24N2O2/c1-18(2,22)10-9-14-5-7-16(8-6-14)17(21)20-11-3-4-15(12-19)13-20/h5-8,15,22H,3-4,9-11,13H2,1-2H3/t15-/m0/s1. The van der Waals surface area contributed by atoms with Gasteiger partial charge in [0.25, 0.3) is 5.91 Å². The maximum absolute atomic E-state index is 12.5. The van der Waals surface area contributed by atoms with Crippen LogP contribution in [0.15, 0.2) is 24.3 Å². The Hall–Kier alpha value is -1.86. The molecular weight excluding hydrogens is 276 g/mol. The Bertz CT molecular complexity index is 552. The topological polar surface area (TPSA) is 64.3 Å². The minimum atomic E-state index is -0.672. The number of amides is 1. The number of likely N-dealkylation sites (tertiary alicyclic amines) is 1. The van der Waals surface area contributed by atoms with E-state index in [-0.39, 0.29) is 11.8 Å². The number of benzene rings is 1. The molecule has 1 aromatic carbocycles. The van der Waals surface area contributed by atoms with Gasteiger partial charge in [-0.05, 0) is 57.2 Å². The Morgan fingerprint density at radius 3 is 2.68 bits per heavy atom. The lowest BCUT2D eigenvalue weighted by atomic mass is 9.97. The molecule has 118 valence electrons. The van der Waals surface area contributed by atoms with Gasteiger partial charge in [-0.2, -0.15) is 5.26 Å². The Morgan fingerprint density at radius 2 is 2.09 bits per heavy atom. The van der Waals surface area contributed by atoms with E-state index in [1.807, 2.05) is 24.3 Å². The predicted octanol–water partition coefficient (Wildman–Crippen LogP) is 2.77. The van der Waals surface area contributed by atoms with Crippen molar-refractivity contribution in [3.05, 3.63) is 35.4 Å². The van der Waals surface area contributed by atoms with Crippen LogP contribution in [0.3, 0.4) is 0 Å². The number of nitriles is 1. The van der Waals surface area contributed by atoms with E-state index in [0.29, 0.717) is 18.5 Å². The summed E-state index contributed by atoms with van der Waals surface area (Å²) >= 11 is 0. The third-order valence-electron chi connectivity index (χ3n) is 4.12. The van der Waals surface area contributed by atoms with E-state index in [4.69, 9.17) is 5.26 Å². The molecule has 1 heterocycles. The molecule has 2 rings (SSSR count). The second-order valence-corrected chi connectivity index (χ2v) is 6.73. The lowest BCUT2D eigenvalue weighted by Crippen LogP contribution is -2.39. The normalized spacial score (nSPS) is 18.8. The van der Waals surface area contributed by atoms with Crippen molar-refractivity contribution < 1.29 is 9.90 Å². The second-order valence-electron chi connectivity index (χ2n) is 6.73. The van der Waals surface area contributed by atoms with Gasteiger partial charge in [-0.25, -0.2) is 0 Å². The number of hydrogen-bond acceptors (Lipinski definition) is 3. The SMILES string of the molecule is CC(C)(O)CCc1ccc(C(=O)N2CCC[C@@H](C#N)C2)cc1. The monoisotopic (exact) mass is 300 g/mol. The van der Waals surface area contributed by atoms with E-state index in [9.17, 15) is 9.90 Å². The third kappa shape index (κ3) is 4.57. The van der Waals surface area contributed by atoms with E-state index < -0.39 is 5.60 Å². The zero-order valence-electron chi connectivity index (χ0n) is 13.4. The van der Waals surface area contributed by atoms with Crippen molar-refractivity contribution >= 4 is 5.91 Å². The first-order chi connectivity index (χ1) is 10.4. The molecule has 1 aliphatic rings. The smallest absolute Gasteiger partial charge is 0.253 e. The number of rotatable bonds is 4. The molecule has 1 fully saturated rings. The summed E-state index contributed by atoms with van der Waals surface area (Å²) in [5.41, 5.74) is 1.12. The summed E-state index contributed by atoms with van der Waals surface area (Å²) in [5.74, 6) is -0.0299. The number of aliphatic hydroxyl groups is 1. The molecule has 0 aliphatic carbocycles. The molecule has 0 spiro atoms. The molecule has 1 amide bonds. The number of hydrogen-bond donors (Lipinski definition) is 1. The predicted molar refractivity (Wildman–Crippen MR) is 85.3 cm³/mol. The Kier molecular flexibility index (Phi) is 5.20. The van der Waals surface area contributed by atoms with Gasteiger partial charge in [0.1, 0.15) is 0 Å². The average molecular weight is 300 g/mol. The van der Waals surface area contributed by atoms with Crippen molar-refractivity contribution in [2.24, 2.45) is 5.92 Å². The summed E-state index contributed by atoms with van der Waals surface area (Å²) in [6, 6.07) is 9.85. The summed E-state index contributed by atoms with van der Waals surface area (Å²) < 4.78 is 0. The van der Waals surface area contributed by atoms with Crippen LogP contribution in [0.1, 0.15) is 49.0 Å². The third-order valence-corrected chi connectivity index (χ3v) is 4.12. The molecule has 1 saturated heterocycles. The Morgan fingerprint density at radius 1 is 1.41 bits per heavy atom. The molecule has 0 saturated carbocycles. The van der Waals surface area contributed by atoms with Crippen molar-refractivity contribution in [2.75, 3.05) is 13.1 Å². The van der Waals surface area contributed by atoms with Crippen molar-refractivity contribution in [1.29, 1.82) is 5.26 Å². The molecule has 1 atom stereocenters. The fraction of sp³-hybridized carbons (Fsp3) is 0.556. The van der Waals surface area contributed by atoms with E-state index in [1.165, 1.54) is 0 Å². The molecule has 1 N–H and O–H groups in total. The highest BCUT2D eigenvalue weighted by atomic mass is 16.3. The van der Waals surface area contributed by atoms with Gasteiger partial charge >= 0.3 is 0 Å². The van der Waals surface area contributed by atoms with Gasteiger partial charge < -0.3 is 10.0 Å². The summed E-state index contributed by atoms with van der Waals surface area (Å²) in [6.07, 6.45) is 3.26. The lowest BCUT2D eigenvalue weighted by Gasteiger charge is -2.29. The van der Waals surface area contributed by atoms with Crippen molar-refractivity contribution in [3.63, 3.8) is 0 Å². The highest BCUT2D eigenvalue weighted by Crippen LogP contribution is 2.19. The van der Waals surface area contributed by atoms with Gasteiger partial charge in [0.05, 0.1) is 17.6 Å². The number of carbonyl (C=O) groups excluding carboxylic acids is 1. The van der Waals surface area contributed by atoms with Crippen LogP contribution >= 0.6 is 0 Å². The quantitative estimate of drug-likeness (QED) is 0.930. The number of carbonyl (C=O) groups is 1. The first-order valence-electron chi connectivity index (χ1n) is 7.89. The van der Waals surface area contributed by atoms with Crippen LogP contribution in [-0.4, -0.2) is 34.6 Å². The largest absolute Gasteiger partial charge is 0.390 e. The van der Waals surface area contributed by atoms with Crippen LogP contribution in [-0.2, 0) is 6.42 Å². The number of aryl methyl sites for hydroxylation is 1. The van der Waals surface area contributed by atoms with Crippen LogP contribution in [0.25, 0.3) is 0 Å². The van der Waals surface area contributed by atoms with E-state index >= 15 is 0 Å². The molecule has 0 aromatic heterocycles. The fourth-order valence-corrected chi connectivity index (χ4v) is 2.71. The average Bonchev–Trinajstić information content (AvgIpc) is 2.52. The van der Waals surface area contributed by atoms with Crippen LogP contribution < -0.4 is 0 Å². The maximum atomic E-state index is 12.5. The molecule has 0 unspecified atom stereocenters. The summed E-state index contributed by atoms with van der Waals surface area (Å²) in [5, 5.41) is 18.8. The highest BCUT2D eigenvalue weighted by Gasteiger charge is 2.24. The zero-order valence-corrected chi connectivity index (χ0v) is 13.4. The molecule has 4 heteroatoms. The van der Waals surface area contributed by atoms with Gasteiger partial charge in [0.15, 0.2) is 0 Å². The molecular formula is C18H24N2O2. The van der Waals surface area contributed by atoms with Gasteiger partial charge in [-0.1, -0.05) is 12.1 Å². The summed E-state index contributed by atoms with van der Waals surface area (Å²) in [7, 11) is 0. The van der Waals surface area contributed by atoms with Crippen molar-refractivity contribution in [3.8, 4) is 6.07 Å². The zero-order chi connectivity index (χ0) is 16.2. The molecule has 22 heavy (non-hydrogen) atoms. The minimum Gasteiger partial charge on any atom is -0.390 e. The summed E-state index contributed by atoms with van der Waals surface area (Å²) in [6.45, 7) is 4.87. The Labute approximate surface area is 132 Å². The lowest BCUT2D eigenvalue weighted by molar-refractivity contribution is 0.0694. The molecule has 1 aliphatic heterocycles. The fourth-order valence-electron chi connectivity index (χ4n) is 2.71. The highest BCUT2D eigenvalue weighted by molar-refractivity contribution is 5.94. The van der Waals surface area contributed by atoms with Crippen LogP contribution in [0.2, 0.25) is 0 Å². The van der Waals surface area contributed by atoms with Crippen LogP contribution in [0.4, 0.5) is 0 Å². The number of nitrogens with zero attached hydrogens (tertiary/aromatic N) is 2. The molecule has 0 bridgehead atoms. The van der Waals surface area contributed by atoms with Gasteiger partial charge in [0.2, 0.25) is 0 Å². The first kappa shape index (κ1) is 16.5. The summed E-state index contributed by atoms with van der Waals surface area (Å²) in [4.78, 5) is 14.2. The second kappa shape index (κ2) is 6.93. The number of piperidine rings is 1. The van der Waals surface area contributed by atoms with Crippen LogP contribution in [0, 0.1) is 17.2 Å². The van der Waals surface area contributed by atoms with Gasteiger partial charge in [-0.15, -0.1) is 0 Å². The maximum Gasteiger partial charge on any atom is 0.253 e. The van der Waals surface area contributed by atoms with Crippen molar-refractivity contribution in [1.82, 2.24) is 4.90 Å². The molecule has 4 nitrogen and oxygen atoms in total. The van der Waals surface area contributed by atoms with Gasteiger partial charge in [0, 0.05) is 18.7 Å². The van der Waals surface area contributed by atoms with Gasteiger partial charge in [-0.3, -0.25) is 4.79 Å². The Balaban J connectivity index is 1.98. The molecule has 0 radical (unpaired) electrons. The molecule has 1 aromatic rings. The van der Waals surface area contributed by atoms with E-state index in [0.717, 1.165) is 31.4 Å². The van der Waals surface area contributed by atoms with Crippen molar-refractivity contribution in [2.45, 2.75) is 45.1 Å².